The van der Waals surface area contributed by atoms with Crippen molar-refractivity contribution in [2.24, 2.45) is 17.3 Å². The maximum atomic E-state index is 10.3. The molecule has 1 fully saturated rings. The van der Waals surface area contributed by atoms with Crippen LogP contribution in [0.3, 0.4) is 0 Å². The van der Waals surface area contributed by atoms with Crippen LogP contribution in [0.4, 0.5) is 0 Å². The number of fused-ring (bicyclic) bond motifs is 1. The second kappa shape index (κ2) is 2.31. The van der Waals surface area contributed by atoms with Gasteiger partial charge in [0.25, 0.3) is 0 Å². The van der Waals surface area contributed by atoms with E-state index < -0.39 is 0 Å². The van der Waals surface area contributed by atoms with Gasteiger partial charge in [-0.2, -0.15) is 0 Å². The van der Waals surface area contributed by atoms with Crippen LogP contribution >= 0.6 is 0 Å². The van der Waals surface area contributed by atoms with Gasteiger partial charge in [0, 0.05) is 10.8 Å². The molecule has 66 valence electrons. The molecule has 0 bridgehead atoms. The molecule has 12 heavy (non-hydrogen) atoms. The molecule has 2 aliphatic rings. The molecule has 0 N–H and O–H groups in total. The minimum atomic E-state index is -0.184. The zero-order valence-corrected chi connectivity index (χ0v) is 7.19. The molecule has 2 rings (SSSR count). The van der Waals surface area contributed by atoms with E-state index in [0.29, 0.717) is 17.3 Å². The zero-order valence-electron chi connectivity index (χ0n) is 7.19. The molecular formula is C9H13NO2. The molecule has 0 spiro atoms. The molecular weight excluding hydrogens is 154 g/mol. The molecule has 0 amide bonds. The maximum absolute atomic E-state index is 10.3. The Labute approximate surface area is 71.6 Å². The average molecular weight is 167 g/mol. The summed E-state index contributed by atoms with van der Waals surface area (Å²) in [5, 5.41) is 10.3. The third-order valence-electron chi connectivity index (χ3n) is 3.35. The first kappa shape index (κ1) is 7.77. The molecule has 3 nitrogen and oxygen atoms in total. The summed E-state index contributed by atoms with van der Waals surface area (Å²) in [7, 11) is 0. The highest BCUT2D eigenvalue weighted by atomic mass is 16.6. The lowest BCUT2D eigenvalue weighted by Gasteiger charge is -2.47. The maximum Gasteiger partial charge on any atom is 0.207 e. The fraction of sp³-hybridized carbons (Fsp3) is 0.778. The standard InChI is InChI=1S/C9H13NO2/c1-9-4-2-3-8(9)7(5-9)6-10(11)12/h2-3,7-8H,4-6H2,1H3/t7-,8+,9-/m0/s1. The number of rotatable bonds is 2. The summed E-state index contributed by atoms with van der Waals surface area (Å²) in [6, 6.07) is 0. The number of hydrogen-bond donors (Lipinski definition) is 0. The van der Waals surface area contributed by atoms with E-state index in [0.717, 1.165) is 12.8 Å². The first-order valence-corrected chi connectivity index (χ1v) is 4.40. The third-order valence-corrected chi connectivity index (χ3v) is 3.35. The van der Waals surface area contributed by atoms with Crippen LogP contribution in [0.5, 0.6) is 0 Å². The quantitative estimate of drug-likeness (QED) is 0.358. The van der Waals surface area contributed by atoms with Gasteiger partial charge in [-0.25, -0.2) is 0 Å². The number of hydrogen-bond acceptors (Lipinski definition) is 2. The van der Waals surface area contributed by atoms with Gasteiger partial charge in [0.2, 0.25) is 6.54 Å². The van der Waals surface area contributed by atoms with Crippen molar-refractivity contribution in [2.75, 3.05) is 6.54 Å². The average Bonchev–Trinajstić information content (AvgIpc) is 2.23. The molecule has 0 saturated heterocycles. The van der Waals surface area contributed by atoms with Gasteiger partial charge in [-0.1, -0.05) is 19.1 Å². The molecule has 3 atom stereocenters. The highest BCUT2D eigenvalue weighted by Crippen LogP contribution is 2.57. The fourth-order valence-electron chi connectivity index (χ4n) is 2.73. The van der Waals surface area contributed by atoms with Crippen molar-refractivity contribution in [1.29, 1.82) is 0 Å². The molecule has 0 aromatic rings. The Kier molecular flexibility index (Phi) is 1.50. The molecule has 3 heteroatoms. The van der Waals surface area contributed by atoms with E-state index in [1.165, 1.54) is 0 Å². The predicted molar refractivity (Wildman–Crippen MR) is 45.3 cm³/mol. The van der Waals surface area contributed by atoms with E-state index in [1.54, 1.807) is 0 Å². The van der Waals surface area contributed by atoms with Gasteiger partial charge >= 0.3 is 0 Å². The summed E-state index contributed by atoms with van der Waals surface area (Å²) in [6.07, 6.45) is 6.49. The van der Waals surface area contributed by atoms with Crippen molar-refractivity contribution < 1.29 is 4.92 Å². The van der Waals surface area contributed by atoms with Gasteiger partial charge in [0.15, 0.2) is 0 Å². The van der Waals surface area contributed by atoms with E-state index in [9.17, 15) is 10.1 Å². The lowest BCUT2D eigenvalue weighted by atomic mass is 9.56. The molecule has 1 saturated carbocycles. The Morgan fingerprint density at radius 3 is 3.08 bits per heavy atom. The Morgan fingerprint density at radius 2 is 2.50 bits per heavy atom. The van der Waals surface area contributed by atoms with Crippen molar-refractivity contribution in [2.45, 2.75) is 19.8 Å². The van der Waals surface area contributed by atoms with E-state index in [1.807, 2.05) is 0 Å². The van der Waals surface area contributed by atoms with Crippen molar-refractivity contribution in [3.8, 4) is 0 Å². The largest absolute Gasteiger partial charge is 0.265 e. The first-order chi connectivity index (χ1) is 5.62. The van der Waals surface area contributed by atoms with Crippen LogP contribution in [0.25, 0.3) is 0 Å². The summed E-state index contributed by atoms with van der Waals surface area (Å²) in [6.45, 7) is 2.39. The van der Waals surface area contributed by atoms with Crippen molar-refractivity contribution >= 4 is 0 Å². The van der Waals surface area contributed by atoms with Gasteiger partial charge in [0.1, 0.15) is 0 Å². The lowest BCUT2D eigenvalue weighted by Crippen LogP contribution is -2.45. The van der Waals surface area contributed by atoms with Gasteiger partial charge in [-0.3, -0.25) is 10.1 Å². The minimum absolute atomic E-state index is 0.157. The van der Waals surface area contributed by atoms with E-state index in [4.69, 9.17) is 0 Å². The summed E-state index contributed by atoms with van der Waals surface area (Å²) in [5.74, 6) is 0.798. The zero-order chi connectivity index (χ0) is 8.77. The Bertz CT molecular complexity index is 249. The van der Waals surface area contributed by atoms with Crippen molar-refractivity contribution in [3.63, 3.8) is 0 Å². The molecule has 0 aromatic carbocycles. The van der Waals surface area contributed by atoms with Crippen LogP contribution < -0.4 is 0 Å². The van der Waals surface area contributed by atoms with Gasteiger partial charge < -0.3 is 0 Å². The topological polar surface area (TPSA) is 43.1 Å². The molecule has 0 unspecified atom stereocenters. The van der Waals surface area contributed by atoms with E-state index in [2.05, 4.69) is 19.1 Å². The Balaban J connectivity index is 1.99. The number of allylic oxidation sites excluding steroid dienone is 2. The Morgan fingerprint density at radius 1 is 1.75 bits per heavy atom. The third kappa shape index (κ3) is 0.958. The normalized spacial score (nSPS) is 43.8. The smallest absolute Gasteiger partial charge is 0.207 e. The summed E-state index contributed by atoms with van der Waals surface area (Å²) >= 11 is 0. The summed E-state index contributed by atoms with van der Waals surface area (Å²) in [5.41, 5.74) is 0.376. The van der Waals surface area contributed by atoms with Gasteiger partial charge in [-0.15, -0.1) is 0 Å². The van der Waals surface area contributed by atoms with Crippen LogP contribution in [0.1, 0.15) is 19.8 Å². The SMILES string of the molecule is C[C@@]12CC=C[C@@H]1[C@H](C[N+](=O)[O-])C2. The van der Waals surface area contributed by atoms with Crippen molar-refractivity contribution in [1.82, 2.24) is 0 Å². The summed E-state index contributed by atoms with van der Waals surface area (Å²) < 4.78 is 0. The first-order valence-electron chi connectivity index (χ1n) is 4.40. The van der Waals surface area contributed by atoms with E-state index in [-0.39, 0.29) is 11.5 Å². The second-order valence-corrected chi connectivity index (χ2v) is 4.29. The van der Waals surface area contributed by atoms with Crippen LogP contribution in [0, 0.1) is 27.4 Å². The molecule has 0 aliphatic heterocycles. The number of nitrogens with zero attached hydrogens (tertiary/aromatic N) is 1. The predicted octanol–water partition coefficient (Wildman–Crippen LogP) is 1.87. The monoisotopic (exact) mass is 167 g/mol. The lowest BCUT2D eigenvalue weighted by molar-refractivity contribution is -0.495. The van der Waals surface area contributed by atoms with Gasteiger partial charge in [0.05, 0.1) is 0 Å². The molecule has 2 aliphatic carbocycles. The highest BCUT2D eigenvalue weighted by molar-refractivity contribution is 5.16. The second-order valence-electron chi connectivity index (χ2n) is 4.29. The summed E-state index contributed by atoms with van der Waals surface area (Å²) in [4.78, 5) is 10.1. The van der Waals surface area contributed by atoms with Crippen LogP contribution in [0.15, 0.2) is 12.2 Å². The highest BCUT2D eigenvalue weighted by Gasteiger charge is 2.52. The fourth-order valence-corrected chi connectivity index (χ4v) is 2.73. The van der Waals surface area contributed by atoms with Crippen molar-refractivity contribution in [3.05, 3.63) is 22.3 Å². The van der Waals surface area contributed by atoms with Crippen LogP contribution in [-0.2, 0) is 0 Å². The molecule has 0 radical (unpaired) electrons. The minimum Gasteiger partial charge on any atom is -0.265 e. The Hall–Kier alpha value is -0.860. The van der Waals surface area contributed by atoms with Crippen LogP contribution in [0.2, 0.25) is 0 Å². The van der Waals surface area contributed by atoms with Crippen LogP contribution in [-0.4, -0.2) is 11.5 Å². The molecule has 0 heterocycles. The van der Waals surface area contributed by atoms with Gasteiger partial charge in [-0.05, 0) is 24.2 Å². The number of nitro groups is 1. The molecule has 0 aromatic heterocycles. The van der Waals surface area contributed by atoms with E-state index >= 15 is 0 Å².